The normalized spacial score (nSPS) is 30.3. The Morgan fingerprint density at radius 1 is 1.52 bits per heavy atom. The Labute approximate surface area is 136 Å². The average molecular weight is 342 g/mol. The third kappa shape index (κ3) is 3.30. The largest absolute Gasteiger partial charge is 0.760 e. The van der Waals surface area contributed by atoms with Crippen molar-refractivity contribution in [3.05, 3.63) is 11.9 Å². The zero-order valence-electron chi connectivity index (χ0n) is 12.9. The number of nitrogens with zero attached hydrogens (tertiary/aromatic N) is 4. The highest BCUT2D eigenvalue weighted by Gasteiger charge is 2.45. The third-order valence-electron chi connectivity index (χ3n) is 4.58. The van der Waals surface area contributed by atoms with Crippen molar-refractivity contribution < 1.29 is 18.3 Å². The van der Waals surface area contributed by atoms with Crippen LogP contribution in [0.25, 0.3) is 0 Å². The molecule has 2 unspecified atom stereocenters. The van der Waals surface area contributed by atoms with Crippen molar-refractivity contribution in [2.75, 3.05) is 20.3 Å². The summed E-state index contributed by atoms with van der Waals surface area (Å²) in [7, 11) is 1.59. The maximum absolute atomic E-state index is 12.9. The third-order valence-corrected chi connectivity index (χ3v) is 5.45. The second-order valence-corrected chi connectivity index (χ2v) is 6.84. The zero-order valence-corrected chi connectivity index (χ0v) is 13.7. The van der Waals surface area contributed by atoms with Crippen LogP contribution in [0.2, 0.25) is 0 Å². The number of fused-ring (bicyclic) bond motifs is 2. The SMILES string of the molecule is COC[C@H]1CN(Cc2cn[nH]n2)C(=O)C2CCC[C@@H]1N2S(=O)[O-]. The van der Waals surface area contributed by atoms with Crippen LogP contribution in [0.5, 0.6) is 0 Å². The highest BCUT2D eigenvalue weighted by atomic mass is 32.2. The molecule has 1 aromatic rings. The van der Waals surface area contributed by atoms with Crippen LogP contribution in [0.3, 0.4) is 0 Å². The van der Waals surface area contributed by atoms with Gasteiger partial charge in [0.15, 0.2) is 0 Å². The van der Waals surface area contributed by atoms with Crippen LogP contribution >= 0.6 is 0 Å². The Balaban J connectivity index is 1.90. The van der Waals surface area contributed by atoms with E-state index in [1.165, 1.54) is 4.31 Å². The Morgan fingerprint density at radius 2 is 2.35 bits per heavy atom. The molecule has 0 aromatic carbocycles. The first-order valence-corrected chi connectivity index (χ1v) is 8.65. The standard InChI is InChI=1S/C13H21N5O4S/c1-22-8-9-6-17(7-10-5-14-16-15-10)13(19)12-4-2-3-11(9)18(12)23(20)21/h5,9,11-12H,2-4,6-8H2,1H3,(H,20,21)(H,14,15,16)/p-1/t9-,11+,12?/m1/s1. The molecule has 1 N–H and O–H groups in total. The van der Waals surface area contributed by atoms with Gasteiger partial charge >= 0.3 is 0 Å². The highest BCUT2D eigenvalue weighted by Crippen LogP contribution is 2.34. The molecule has 2 fully saturated rings. The van der Waals surface area contributed by atoms with Crippen LogP contribution in [-0.2, 0) is 27.3 Å². The van der Waals surface area contributed by atoms with Crippen LogP contribution < -0.4 is 0 Å². The van der Waals surface area contributed by atoms with E-state index in [9.17, 15) is 13.6 Å². The predicted molar refractivity (Wildman–Crippen MR) is 79.4 cm³/mol. The smallest absolute Gasteiger partial charge is 0.241 e. The van der Waals surface area contributed by atoms with E-state index < -0.39 is 17.3 Å². The van der Waals surface area contributed by atoms with Crippen molar-refractivity contribution in [3.63, 3.8) is 0 Å². The number of aromatic nitrogens is 3. The van der Waals surface area contributed by atoms with E-state index in [1.807, 2.05) is 0 Å². The molecule has 0 spiro atoms. The summed E-state index contributed by atoms with van der Waals surface area (Å²) < 4.78 is 30.1. The molecule has 2 aliphatic heterocycles. The van der Waals surface area contributed by atoms with Gasteiger partial charge in [0.05, 0.1) is 19.3 Å². The topological polar surface area (TPSA) is 114 Å². The maximum Gasteiger partial charge on any atom is 0.241 e. The van der Waals surface area contributed by atoms with Gasteiger partial charge in [0.1, 0.15) is 11.7 Å². The molecule has 3 heterocycles. The van der Waals surface area contributed by atoms with E-state index in [1.54, 1.807) is 18.2 Å². The van der Waals surface area contributed by atoms with Crippen LogP contribution in [0, 0.1) is 5.92 Å². The molecule has 4 atom stereocenters. The van der Waals surface area contributed by atoms with Gasteiger partial charge in [-0.1, -0.05) is 0 Å². The fraction of sp³-hybridized carbons (Fsp3) is 0.769. The molecular formula is C13H20N5O4S-. The van der Waals surface area contributed by atoms with Gasteiger partial charge in [0.2, 0.25) is 5.91 Å². The fourth-order valence-electron chi connectivity index (χ4n) is 3.62. The molecule has 3 rings (SSSR count). The van der Waals surface area contributed by atoms with E-state index in [0.717, 1.165) is 12.8 Å². The molecule has 2 aliphatic rings. The molecule has 2 bridgehead atoms. The molecule has 9 nitrogen and oxygen atoms in total. The Kier molecular flexibility index (Phi) is 5.05. The molecule has 1 amide bonds. The molecule has 2 saturated heterocycles. The second-order valence-electron chi connectivity index (χ2n) is 5.99. The molecule has 1 aromatic heterocycles. The quantitative estimate of drug-likeness (QED) is 0.717. The minimum absolute atomic E-state index is 0.0564. The van der Waals surface area contributed by atoms with Crippen molar-refractivity contribution in [1.29, 1.82) is 0 Å². The lowest BCUT2D eigenvalue weighted by molar-refractivity contribution is -0.135. The lowest BCUT2D eigenvalue weighted by Gasteiger charge is -2.42. The Hall–Kier alpha value is -1.36. The number of amides is 1. The number of rotatable bonds is 5. The lowest BCUT2D eigenvalue weighted by Crippen LogP contribution is -2.53. The molecule has 10 heteroatoms. The number of nitrogens with one attached hydrogen (secondary N) is 1. The molecule has 23 heavy (non-hydrogen) atoms. The number of ether oxygens (including phenoxy) is 1. The van der Waals surface area contributed by atoms with Gasteiger partial charge in [-0.2, -0.15) is 15.4 Å². The van der Waals surface area contributed by atoms with Crippen molar-refractivity contribution in [2.24, 2.45) is 5.92 Å². The van der Waals surface area contributed by atoms with Gasteiger partial charge in [0.25, 0.3) is 0 Å². The van der Waals surface area contributed by atoms with Gasteiger partial charge < -0.3 is 14.2 Å². The second kappa shape index (κ2) is 7.04. The number of carbonyl (C=O) groups is 1. The maximum atomic E-state index is 12.9. The predicted octanol–water partition coefficient (Wildman–Crippen LogP) is -0.573. The molecule has 0 aliphatic carbocycles. The van der Waals surface area contributed by atoms with Crippen LogP contribution in [0.15, 0.2) is 6.20 Å². The van der Waals surface area contributed by atoms with Gasteiger partial charge in [-0.05, 0) is 19.3 Å². The summed E-state index contributed by atoms with van der Waals surface area (Å²) in [5.74, 6) is -0.223. The summed E-state index contributed by atoms with van der Waals surface area (Å²) in [6, 6.07) is -0.820. The number of hydrogen-bond donors (Lipinski definition) is 1. The lowest BCUT2D eigenvalue weighted by atomic mass is 9.91. The summed E-state index contributed by atoms with van der Waals surface area (Å²) in [4.78, 5) is 14.5. The molecular weight excluding hydrogens is 322 g/mol. The van der Waals surface area contributed by atoms with Crippen molar-refractivity contribution in [2.45, 2.75) is 37.9 Å². The van der Waals surface area contributed by atoms with Crippen LogP contribution in [0.4, 0.5) is 0 Å². The van der Waals surface area contributed by atoms with E-state index in [2.05, 4.69) is 15.4 Å². The monoisotopic (exact) mass is 342 g/mol. The Bertz CT molecular complexity index is 569. The first-order valence-electron chi connectivity index (χ1n) is 7.62. The fourth-order valence-corrected chi connectivity index (χ4v) is 4.52. The van der Waals surface area contributed by atoms with Gasteiger partial charge in [-0.3, -0.25) is 9.00 Å². The molecule has 0 saturated carbocycles. The Morgan fingerprint density at radius 3 is 3.00 bits per heavy atom. The average Bonchev–Trinajstić information content (AvgIpc) is 3.03. The minimum atomic E-state index is -2.42. The summed E-state index contributed by atoms with van der Waals surface area (Å²) >= 11 is -2.42. The molecule has 128 valence electrons. The number of methoxy groups -OCH3 is 1. The van der Waals surface area contributed by atoms with Gasteiger partial charge in [-0.15, -0.1) is 0 Å². The number of carbonyl (C=O) groups excluding carboxylic acids is 1. The number of piperidine rings is 1. The van der Waals surface area contributed by atoms with Crippen LogP contribution in [0.1, 0.15) is 25.0 Å². The number of aromatic amines is 1. The van der Waals surface area contributed by atoms with Crippen molar-refractivity contribution in [3.8, 4) is 0 Å². The zero-order chi connectivity index (χ0) is 16.4. The number of H-pyrrole nitrogens is 1. The summed E-state index contributed by atoms with van der Waals surface area (Å²) in [6.07, 6.45) is 3.72. The van der Waals surface area contributed by atoms with Gasteiger partial charge in [-0.25, -0.2) is 4.31 Å². The van der Waals surface area contributed by atoms with Crippen molar-refractivity contribution >= 4 is 17.2 Å². The van der Waals surface area contributed by atoms with E-state index in [-0.39, 0.29) is 17.9 Å². The highest BCUT2D eigenvalue weighted by molar-refractivity contribution is 7.76. The first kappa shape index (κ1) is 16.5. The van der Waals surface area contributed by atoms with E-state index in [0.29, 0.717) is 31.8 Å². The van der Waals surface area contributed by atoms with Crippen LogP contribution in [-0.4, -0.2) is 71.6 Å². The number of hydrogen-bond acceptors (Lipinski definition) is 6. The van der Waals surface area contributed by atoms with E-state index in [4.69, 9.17) is 4.74 Å². The summed E-state index contributed by atoms with van der Waals surface area (Å²) in [5.41, 5.74) is 0.653. The van der Waals surface area contributed by atoms with E-state index >= 15 is 0 Å². The van der Waals surface area contributed by atoms with Gasteiger partial charge in [0, 0.05) is 36.9 Å². The summed E-state index contributed by atoms with van der Waals surface area (Å²) in [5, 5.41) is 10.3. The first-order chi connectivity index (χ1) is 11.1. The molecule has 0 radical (unpaired) electrons. The minimum Gasteiger partial charge on any atom is -0.760 e. The summed E-state index contributed by atoms with van der Waals surface area (Å²) in [6.45, 7) is 1.18. The van der Waals surface area contributed by atoms with Crippen molar-refractivity contribution in [1.82, 2.24) is 24.6 Å².